The minimum atomic E-state index is 0.486. The van der Waals surface area contributed by atoms with Crippen LogP contribution in [0.4, 0.5) is 0 Å². The van der Waals surface area contributed by atoms with Gasteiger partial charge in [-0.1, -0.05) is 0 Å². The summed E-state index contributed by atoms with van der Waals surface area (Å²) in [4.78, 5) is 5.27. The van der Waals surface area contributed by atoms with E-state index in [2.05, 4.69) is 16.8 Å². The van der Waals surface area contributed by atoms with Gasteiger partial charge in [0.05, 0.1) is 0 Å². The van der Waals surface area contributed by atoms with Gasteiger partial charge >= 0.3 is 0 Å². The molecule has 3 heteroatoms. The second kappa shape index (κ2) is 4.28. The van der Waals surface area contributed by atoms with Crippen LogP contribution in [0.15, 0.2) is 0 Å². The molecule has 3 rings (SSSR count). The van der Waals surface area contributed by atoms with Crippen molar-refractivity contribution in [2.75, 3.05) is 26.7 Å². The number of hydrogen-bond acceptors (Lipinski definition) is 3. The van der Waals surface area contributed by atoms with Crippen LogP contribution < -0.4 is 5.73 Å². The molecule has 2 bridgehead atoms. The quantitative estimate of drug-likeness (QED) is 0.755. The summed E-state index contributed by atoms with van der Waals surface area (Å²) in [5.74, 6) is 0.919. The first kappa shape index (κ1) is 11.0. The van der Waals surface area contributed by atoms with E-state index in [1.165, 1.54) is 51.7 Å². The van der Waals surface area contributed by atoms with E-state index in [-0.39, 0.29) is 0 Å². The Balaban J connectivity index is 1.59. The standard InChI is InChI=1S/C13H25N3/c1-15-5-4-10(8-15)9-16-12-2-3-13(16)7-11(14)6-12/h10-13H,2-9,14H2,1H3. The fourth-order valence-corrected chi connectivity index (χ4v) is 4.09. The molecule has 3 fully saturated rings. The van der Waals surface area contributed by atoms with Crippen molar-refractivity contribution in [3.05, 3.63) is 0 Å². The number of rotatable bonds is 2. The van der Waals surface area contributed by atoms with E-state index in [4.69, 9.17) is 5.73 Å². The van der Waals surface area contributed by atoms with Crippen LogP contribution in [0.25, 0.3) is 0 Å². The Bertz CT molecular complexity index is 242. The number of fused-ring (bicyclic) bond motifs is 2. The molecular weight excluding hydrogens is 198 g/mol. The monoisotopic (exact) mass is 223 g/mol. The fourth-order valence-electron chi connectivity index (χ4n) is 4.09. The van der Waals surface area contributed by atoms with E-state index in [1.807, 2.05) is 0 Å². The highest BCUT2D eigenvalue weighted by atomic mass is 15.2. The average Bonchev–Trinajstić information content (AvgIpc) is 2.72. The van der Waals surface area contributed by atoms with Crippen molar-refractivity contribution in [1.29, 1.82) is 0 Å². The molecule has 0 spiro atoms. The number of nitrogens with two attached hydrogens (primary N) is 1. The van der Waals surface area contributed by atoms with Gasteiger partial charge in [0, 0.05) is 31.2 Å². The molecule has 16 heavy (non-hydrogen) atoms. The summed E-state index contributed by atoms with van der Waals surface area (Å²) in [6, 6.07) is 2.12. The molecule has 0 amide bonds. The van der Waals surface area contributed by atoms with Gasteiger partial charge < -0.3 is 10.6 Å². The van der Waals surface area contributed by atoms with Crippen LogP contribution in [0.3, 0.4) is 0 Å². The number of hydrogen-bond donors (Lipinski definition) is 1. The Kier molecular flexibility index (Phi) is 2.94. The summed E-state index contributed by atoms with van der Waals surface area (Å²) in [5.41, 5.74) is 6.11. The molecule has 2 N–H and O–H groups in total. The van der Waals surface area contributed by atoms with Crippen LogP contribution in [0.5, 0.6) is 0 Å². The lowest BCUT2D eigenvalue weighted by molar-refractivity contribution is 0.108. The minimum absolute atomic E-state index is 0.486. The van der Waals surface area contributed by atoms with Crippen LogP contribution in [0, 0.1) is 5.92 Å². The van der Waals surface area contributed by atoms with Gasteiger partial charge in [-0.15, -0.1) is 0 Å². The highest BCUT2D eigenvalue weighted by molar-refractivity contribution is 4.97. The Morgan fingerprint density at radius 1 is 1.12 bits per heavy atom. The van der Waals surface area contributed by atoms with Crippen molar-refractivity contribution < 1.29 is 0 Å². The molecule has 3 heterocycles. The lowest BCUT2D eigenvalue weighted by Crippen LogP contribution is -2.49. The third kappa shape index (κ3) is 2.01. The SMILES string of the molecule is CN1CCC(CN2C3CCC2CC(N)C3)C1. The maximum atomic E-state index is 6.11. The number of piperidine rings is 1. The molecule has 3 saturated heterocycles. The Hall–Kier alpha value is -0.120. The maximum absolute atomic E-state index is 6.11. The summed E-state index contributed by atoms with van der Waals surface area (Å²) >= 11 is 0. The van der Waals surface area contributed by atoms with E-state index in [1.54, 1.807) is 0 Å². The second-order valence-corrected chi connectivity index (χ2v) is 6.23. The zero-order chi connectivity index (χ0) is 11.1. The molecule has 0 aromatic heterocycles. The molecule has 3 nitrogen and oxygen atoms in total. The summed E-state index contributed by atoms with van der Waals surface area (Å²) in [6.07, 6.45) is 6.71. The lowest BCUT2D eigenvalue weighted by Gasteiger charge is -2.39. The van der Waals surface area contributed by atoms with E-state index < -0.39 is 0 Å². The van der Waals surface area contributed by atoms with E-state index in [0.29, 0.717) is 6.04 Å². The smallest absolute Gasteiger partial charge is 0.0114 e. The van der Waals surface area contributed by atoms with Gasteiger partial charge in [0.1, 0.15) is 0 Å². The summed E-state index contributed by atoms with van der Waals surface area (Å²) in [7, 11) is 2.25. The first-order chi connectivity index (χ1) is 7.72. The first-order valence-corrected chi connectivity index (χ1v) is 6.92. The molecule has 0 aromatic carbocycles. The molecule has 0 aliphatic carbocycles. The average molecular weight is 223 g/mol. The third-order valence-electron chi connectivity index (χ3n) is 4.88. The molecular formula is C13H25N3. The van der Waals surface area contributed by atoms with Gasteiger partial charge in [-0.2, -0.15) is 0 Å². The Labute approximate surface area is 99.0 Å². The van der Waals surface area contributed by atoms with Crippen LogP contribution in [0.2, 0.25) is 0 Å². The molecule has 0 saturated carbocycles. The normalized spacial score (nSPS) is 45.4. The summed E-state index contributed by atoms with van der Waals surface area (Å²) < 4.78 is 0. The van der Waals surface area contributed by atoms with Crippen molar-refractivity contribution in [2.45, 2.75) is 50.2 Å². The van der Waals surface area contributed by atoms with Crippen molar-refractivity contribution in [3.8, 4) is 0 Å². The topological polar surface area (TPSA) is 32.5 Å². The van der Waals surface area contributed by atoms with Gasteiger partial charge in [0.25, 0.3) is 0 Å². The zero-order valence-electron chi connectivity index (χ0n) is 10.4. The molecule has 3 aliphatic heterocycles. The Morgan fingerprint density at radius 2 is 1.81 bits per heavy atom. The molecule has 3 atom stereocenters. The van der Waals surface area contributed by atoms with E-state index >= 15 is 0 Å². The summed E-state index contributed by atoms with van der Waals surface area (Å²) in [6.45, 7) is 3.95. The fraction of sp³-hybridized carbons (Fsp3) is 1.00. The van der Waals surface area contributed by atoms with Gasteiger partial charge in [-0.3, -0.25) is 4.90 Å². The lowest BCUT2D eigenvalue weighted by atomic mass is 9.96. The van der Waals surface area contributed by atoms with Crippen LogP contribution in [-0.4, -0.2) is 54.6 Å². The highest BCUT2D eigenvalue weighted by Gasteiger charge is 2.40. The molecule has 3 unspecified atom stereocenters. The molecule has 0 aromatic rings. The Morgan fingerprint density at radius 3 is 2.38 bits per heavy atom. The van der Waals surface area contributed by atoms with Crippen molar-refractivity contribution >= 4 is 0 Å². The minimum Gasteiger partial charge on any atom is -0.328 e. The summed E-state index contributed by atoms with van der Waals surface area (Å²) in [5, 5.41) is 0. The number of likely N-dealkylation sites (tertiary alicyclic amines) is 1. The van der Waals surface area contributed by atoms with Crippen LogP contribution in [-0.2, 0) is 0 Å². The maximum Gasteiger partial charge on any atom is 0.0114 e. The largest absolute Gasteiger partial charge is 0.328 e. The molecule has 92 valence electrons. The first-order valence-electron chi connectivity index (χ1n) is 6.92. The zero-order valence-corrected chi connectivity index (χ0v) is 10.4. The van der Waals surface area contributed by atoms with E-state index in [9.17, 15) is 0 Å². The van der Waals surface area contributed by atoms with Crippen molar-refractivity contribution in [3.63, 3.8) is 0 Å². The second-order valence-electron chi connectivity index (χ2n) is 6.23. The predicted molar refractivity (Wildman–Crippen MR) is 66.3 cm³/mol. The van der Waals surface area contributed by atoms with Crippen LogP contribution >= 0.6 is 0 Å². The molecule has 0 radical (unpaired) electrons. The van der Waals surface area contributed by atoms with Gasteiger partial charge in [0.2, 0.25) is 0 Å². The predicted octanol–water partition coefficient (Wildman–Crippen LogP) is 0.892. The third-order valence-corrected chi connectivity index (χ3v) is 4.88. The van der Waals surface area contributed by atoms with Crippen molar-refractivity contribution in [1.82, 2.24) is 9.80 Å². The highest BCUT2D eigenvalue weighted by Crippen LogP contribution is 2.36. The molecule has 3 aliphatic rings. The van der Waals surface area contributed by atoms with Gasteiger partial charge in [-0.25, -0.2) is 0 Å². The van der Waals surface area contributed by atoms with Gasteiger partial charge in [0.15, 0.2) is 0 Å². The van der Waals surface area contributed by atoms with E-state index in [0.717, 1.165) is 18.0 Å². The van der Waals surface area contributed by atoms with Crippen LogP contribution in [0.1, 0.15) is 32.1 Å². The van der Waals surface area contributed by atoms with Crippen molar-refractivity contribution in [2.24, 2.45) is 11.7 Å². The number of nitrogens with zero attached hydrogens (tertiary/aromatic N) is 2. The van der Waals surface area contributed by atoms with Gasteiger partial charge in [-0.05, 0) is 51.6 Å².